The van der Waals surface area contributed by atoms with E-state index in [1.807, 2.05) is 48.1 Å². The number of rotatable bonds is 9. The van der Waals surface area contributed by atoms with Gasteiger partial charge in [0.15, 0.2) is 0 Å². The third-order valence-corrected chi connectivity index (χ3v) is 5.18. The molecule has 1 N–H and O–H groups in total. The van der Waals surface area contributed by atoms with E-state index in [0.29, 0.717) is 5.92 Å². The number of benzene rings is 1. The van der Waals surface area contributed by atoms with Crippen LogP contribution in [0.15, 0.2) is 42.7 Å². The molecule has 156 valence electrons. The Kier molecular flexibility index (Phi) is 6.75. The molecule has 0 radical (unpaired) electrons. The molecular weight excluding hydrogens is 362 g/mol. The van der Waals surface area contributed by atoms with Crippen LogP contribution in [-0.4, -0.2) is 45.6 Å². The van der Waals surface area contributed by atoms with Gasteiger partial charge in [0.25, 0.3) is 0 Å². The average Bonchev–Trinajstić information content (AvgIpc) is 3.27. The second-order valence-electron chi connectivity index (χ2n) is 8.44. The van der Waals surface area contributed by atoms with Crippen molar-refractivity contribution in [2.75, 3.05) is 26.0 Å². The lowest BCUT2D eigenvalue weighted by Gasteiger charge is -2.20. The fourth-order valence-electron chi connectivity index (χ4n) is 3.75. The van der Waals surface area contributed by atoms with E-state index in [1.165, 1.54) is 0 Å². The van der Waals surface area contributed by atoms with Crippen molar-refractivity contribution in [3.05, 3.63) is 48.5 Å². The number of aryl methyl sites for hydroxylation is 2. The first-order valence-electron chi connectivity index (χ1n) is 10.4. The Balaban J connectivity index is 1.77. The van der Waals surface area contributed by atoms with Crippen LogP contribution in [0.4, 0.5) is 5.69 Å². The molecule has 2 heterocycles. The number of nitrogens with zero attached hydrogens (tertiary/aromatic N) is 4. The number of imidazole rings is 1. The van der Waals surface area contributed by atoms with Crippen molar-refractivity contribution in [3.8, 4) is 0 Å². The number of carbonyl (C=O) groups excluding carboxylic acids is 1. The molecule has 0 bridgehead atoms. The maximum atomic E-state index is 13.0. The standard InChI is InChI=1S/C23H33N5O/c1-17(2)15-22(27-12-6-7-13-27)23(29)25-19-9-10-21-20(16-19)24-18(3)28(21)14-8-11-26(4)5/h6-7,9-10,12-13,16-17,22H,8,11,14-15H2,1-5H3,(H,25,29)/t22-/m0/s1. The lowest BCUT2D eigenvalue weighted by atomic mass is 10.0. The van der Waals surface area contributed by atoms with Gasteiger partial charge in [0.05, 0.1) is 11.0 Å². The van der Waals surface area contributed by atoms with Gasteiger partial charge in [-0.3, -0.25) is 4.79 Å². The Morgan fingerprint density at radius 3 is 2.59 bits per heavy atom. The first kappa shape index (κ1) is 21.1. The summed E-state index contributed by atoms with van der Waals surface area (Å²) in [6.45, 7) is 8.31. The molecule has 1 atom stereocenters. The van der Waals surface area contributed by atoms with Gasteiger partial charge in [-0.2, -0.15) is 0 Å². The van der Waals surface area contributed by atoms with Crippen molar-refractivity contribution >= 4 is 22.6 Å². The zero-order chi connectivity index (χ0) is 21.0. The molecule has 0 saturated heterocycles. The Hall–Kier alpha value is -2.60. The Morgan fingerprint density at radius 2 is 1.93 bits per heavy atom. The molecule has 0 spiro atoms. The van der Waals surface area contributed by atoms with Crippen LogP contribution in [0.2, 0.25) is 0 Å². The summed E-state index contributed by atoms with van der Waals surface area (Å²) in [4.78, 5) is 19.9. The van der Waals surface area contributed by atoms with Crippen molar-refractivity contribution in [1.29, 1.82) is 0 Å². The minimum atomic E-state index is -0.217. The minimum absolute atomic E-state index is 0.0105. The van der Waals surface area contributed by atoms with Crippen LogP contribution in [0.5, 0.6) is 0 Å². The first-order chi connectivity index (χ1) is 13.8. The van der Waals surface area contributed by atoms with Crippen LogP contribution in [0.1, 0.15) is 38.6 Å². The molecule has 0 aliphatic carbocycles. The molecule has 0 aliphatic rings. The van der Waals surface area contributed by atoms with Crippen LogP contribution >= 0.6 is 0 Å². The molecule has 29 heavy (non-hydrogen) atoms. The van der Waals surface area contributed by atoms with E-state index in [-0.39, 0.29) is 11.9 Å². The Morgan fingerprint density at radius 1 is 1.21 bits per heavy atom. The summed E-state index contributed by atoms with van der Waals surface area (Å²) in [5.41, 5.74) is 2.83. The molecule has 6 nitrogen and oxygen atoms in total. The Labute approximate surface area is 173 Å². The van der Waals surface area contributed by atoms with Gasteiger partial charge in [0.2, 0.25) is 5.91 Å². The highest BCUT2D eigenvalue weighted by Crippen LogP contribution is 2.24. The average molecular weight is 396 g/mol. The smallest absolute Gasteiger partial charge is 0.247 e. The van der Waals surface area contributed by atoms with Gasteiger partial charge in [-0.25, -0.2) is 4.98 Å². The molecule has 1 amide bonds. The molecule has 1 aromatic carbocycles. The fraction of sp³-hybridized carbons (Fsp3) is 0.478. The van der Waals surface area contributed by atoms with Crippen LogP contribution in [0, 0.1) is 12.8 Å². The highest BCUT2D eigenvalue weighted by molar-refractivity contribution is 5.95. The molecule has 0 aliphatic heterocycles. The normalized spacial score (nSPS) is 12.8. The molecule has 3 rings (SSSR count). The minimum Gasteiger partial charge on any atom is -0.342 e. The third-order valence-electron chi connectivity index (χ3n) is 5.18. The number of aromatic nitrogens is 3. The highest BCUT2D eigenvalue weighted by Gasteiger charge is 2.21. The highest BCUT2D eigenvalue weighted by atomic mass is 16.2. The van der Waals surface area contributed by atoms with Crippen molar-refractivity contribution in [1.82, 2.24) is 19.0 Å². The predicted molar refractivity (Wildman–Crippen MR) is 119 cm³/mol. The second-order valence-corrected chi connectivity index (χ2v) is 8.44. The van der Waals surface area contributed by atoms with Crippen molar-refractivity contribution in [2.45, 2.75) is 46.2 Å². The van der Waals surface area contributed by atoms with Gasteiger partial charge in [-0.05, 0) is 76.7 Å². The lowest BCUT2D eigenvalue weighted by Crippen LogP contribution is -2.26. The van der Waals surface area contributed by atoms with Gasteiger partial charge < -0.3 is 19.4 Å². The van der Waals surface area contributed by atoms with Crippen molar-refractivity contribution in [3.63, 3.8) is 0 Å². The molecule has 2 aromatic heterocycles. The summed E-state index contributed by atoms with van der Waals surface area (Å²) in [6, 6.07) is 9.72. The van der Waals surface area contributed by atoms with Crippen LogP contribution in [-0.2, 0) is 11.3 Å². The second kappa shape index (κ2) is 9.27. The van der Waals surface area contributed by atoms with Crippen LogP contribution in [0.25, 0.3) is 11.0 Å². The number of anilines is 1. The number of fused-ring (bicyclic) bond motifs is 1. The van der Waals surface area contributed by atoms with E-state index in [9.17, 15) is 4.79 Å². The van der Waals surface area contributed by atoms with E-state index < -0.39 is 0 Å². The first-order valence-corrected chi connectivity index (χ1v) is 10.4. The predicted octanol–water partition coefficient (Wildman–Crippen LogP) is 4.32. The maximum Gasteiger partial charge on any atom is 0.247 e. The summed E-state index contributed by atoms with van der Waals surface area (Å²) in [7, 11) is 4.18. The molecular formula is C23H33N5O. The number of hydrogen-bond donors (Lipinski definition) is 1. The maximum absolute atomic E-state index is 13.0. The monoisotopic (exact) mass is 395 g/mol. The zero-order valence-corrected chi connectivity index (χ0v) is 18.2. The van der Waals surface area contributed by atoms with E-state index in [0.717, 1.165) is 48.5 Å². The number of hydrogen-bond acceptors (Lipinski definition) is 3. The summed E-state index contributed by atoms with van der Waals surface area (Å²) in [5, 5.41) is 3.10. The zero-order valence-electron chi connectivity index (χ0n) is 18.2. The van der Waals surface area contributed by atoms with Crippen LogP contribution < -0.4 is 5.32 Å². The van der Waals surface area contributed by atoms with Gasteiger partial charge in [0, 0.05) is 24.6 Å². The number of amides is 1. The molecule has 6 heteroatoms. The van der Waals surface area contributed by atoms with Crippen molar-refractivity contribution in [2.24, 2.45) is 5.92 Å². The summed E-state index contributed by atoms with van der Waals surface area (Å²) in [6.07, 6.45) is 5.77. The van der Waals surface area contributed by atoms with E-state index >= 15 is 0 Å². The van der Waals surface area contributed by atoms with Gasteiger partial charge in [-0.1, -0.05) is 13.8 Å². The molecule has 0 saturated carbocycles. The van der Waals surface area contributed by atoms with Gasteiger partial charge >= 0.3 is 0 Å². The van der Waals surface area contributed by atoms with Gasteiger partial charge in [0.1, 0.15) is 11.9 Å². The van der Waals surface area contributed by atoms with Gasteiger partial charge in [-0.15, -0.1) is 0 Å². The van der Waals surface area contributed by atoms with Crippen molar-refractivity contribution < 1.29 is 4.79 Å². The number of carbonyl (C=O) groups is 1. The summed E-state index contributed by atoms with van der Waals surface area (Å²) in [5.74, 6) is 1.44. The summed E-state index contributed by atoms with van der Waals surface area (Å²) < 4.78 is 4.24. The SMILES string of the molecule is Cc1nc2cc(NC(=O)[C@H](CC(C)C)n3cccc3)ccc2n1CCCN(C)C. The summed E-state index contributed by atoms with van der Waals surface area (Å²) >= 11 is 0. The fourth-order valence-corrected chi connectivity index (χ4v) is 3.75. The van der Waals surface area contributed by atoms with E-state index in [4.69, 9.17) is 4.98 Å². The third kappa shape index (κ3) is 5.26. The largest absolute Gasteiger partial charge is 0.342 e. The molecule has 0 unspecified atom stereocenters. The molecule has 0 fully saturated rings. The van der Waals surface area contributed by atoms with E-state index in [2.05, 4.69) is 48.8 Å². The van der Waals surface area contributed by atoms with Crippen LogP contribution in [0.3, 0.4) is 0 Å². The topological polar surface area (TPSA) is 55.1 Å². The number of nitrogens with one attached hydrogen (secondary N) is 1. The Bertz CT molecular complexity index is 940. The quantitative estimate of drug-likeness (QED) is 0.587. The lowest BCUT2D eigenvalue weighted by molar-refractivity contribution is -0.119. The molecule has 3 aromatic rings. The van der Waals surface area contributed by atoms with E-state index in [1.54, 1.807) is 0 Å².